The fourth-order valence-electron chi connectivity index (χ4n) is 1.76. The van der Waals surface area contributed by atoms with Gasteiger partial charge in [-0.05, 0) is 36.6 Å². The summed E-state index contributed by atoms with van der Waals surface area (Å²) in [6.07, 6.45) is 2.20. The molecule has 2 N–H and O–H groups in total. The zero-order valence-electron chi connectivity index (χ0n) is 11.9. The zero-order valence-corrected chi connectivity index (χ0v) is 12.8. The molecule has 0 unspecified atom stereocenters. The molecule has 5 heteroatoms. The molecule has 0 aliphatic carbocycles. The largest absolute Gasteiger partial charge is 0.384 e. The van der Waals surface area contributed by atoms with Gasteiger partial charge in [-0.3, -0.25) is 4.72 Å². The molecule has 1 aromatic rings. The Bertz CT molecular complexity index is 597. The molecule has 20 heavy (non-hydrogen) atoms. The predicted molar refractivity (Wildman–Crippen MR) is 82.1 cm³/mol. The van der Waals surface area contributed by atoms with Gasteiger partial charge in [-0.15, -0.1) is 0 Å². The number of rotatable bonds is 6. The van der Waals surface area contributed by atoms with E-state index >= 15 is 0 Å². The first-order valence-corrected chi connectivity index (χ1v) is 8.40. The number of anilines is 1. The maximum atomic E-state index is 11.9. The number of nitrogens with one attached hydrogen (secondary N) is 1. The smallest absolute Gasteiger partial charge is 0.232 e. The molecule has 0 aliphatic rings. The van der Waals surface area contributed by atoms with Crippen LogP contribution < -0.4 is 4.72 Å². The van der Waals surface area contributed by atoms with Crippen LogP contribution in [0.15, 0.2) is 18.2 Å². The molecule has 0 fully saturated rings. The van der Waals surface area contributed by atoms with Gasteiger partial charge >= 0.3 is 0 Å². The summed E-state index contributed by atoms with van der Waals surface area (Å²) in [7, 11) is -3.29. The van der Waals surface area contributed by atoms with Crippen molar-refractivity contribution in [1.82, 2.24) is 0 Å². The molecular weight excluding hydrogens is 274 g/mol. The Balaban J connectivity index is 2.96. The predicted octanol–water partition coefficient (Wildman–Crippen LogP) is 2.13. The first-order chi connectivity index (χ1) is 9.52. The Morgan fingerprint density at radius 2 is 2.05 bits per heavy atom. The molecule has 0 heterocycles. The molecule has 0 atom stereocenters. The minimum Gasteiger partial charge on any atom is -0.384 e. The summed E-state index contributed by atoms with van der Waals surface area (Å²) >= 11 is 0. The van der Waals surface area contributed by atoms with E-state index in [2.05, 4.69) is 16.6 Å². The average Bonchev–Trinajstić information content (AvgIpc) is 2.43. The Kier molecular flexibility index (Phi) is 6.56. The highest BCUT2D eigenvalue weighted by Gasteiger charge is 2.12. The number of hydrogen-bond acceptors (Lipinski definition) is 3. The summed E-state index contributed by atoms with van der Waals surface area (Å²) in [4.78, 5) is 0. The van der Waals surface area contributed by atoms with Gasteiger partial charge in [0.15, 0.2) is 0 Å². The van der Waals surface area contributed by atoms with E-state index < -0.39 is 10.0 Å². The highest BCUT2D eigenvalue weighted by atomic mass is 32.2. The fourth-order valence-corrected chi connectivity index (χ4v) is 3.06. The second-order valence-corrected chi connectivity index (χ2v) is 6.30. The summed E-state index contributed by atoms with van der Waals surface area (Å²) in [6.45, 7) is 3.73. The number of aliphatic hydroxyl groups excluding tert-OH is 1. The van der Waals surface area contributed by atoms with E-state index in [9.17, 15) is 8.42 Å². The normalized spacial score (nSPS) is 10.8. The van der Waals surface area contributed by atoms with Crippen LogP contribution in [0.4, 0.5) is 5.69 Å². The molecule has 1 aromatic carbocycles. The van der Waals surface area contributed by atoms with E-state index in [4.69, 9.17) is 5.11 Å². The molecular formula is C15H21NO3S. The van der Waals surface area contributed by atoms with Crippen LogP contribution in [0.2, 0.25) is 0 Å². The fraction of sp³-hybridized carbons (Fsp3) is 0.467. The molecule has 0 spiro atoms. The minimum absolute atomic E-state index is 0.138. The van der Waals surface area contributed by atoms with Gasteiger partial charge in [-0.25, -0.2) is 8.42 Å². The lowest BCUT2D eigenvalue weighted by Gasteiger charge is -2.12. The van der Waals surface area contributed by atoms with Crippen molar-refractivity contribution in [1.29, 1.82) is 0 Å². The molecule has 1 rings (SSSR count). The first-order valence-electron chi connectivity index (χ1n) is 6.75. The lowest BCUT2D eigenvalue weighted by molar-refractivity contribution is 0.350. The quantitative estimate of drug-likeness (QED) is 0.790. The van der Waals surface area contributed by atoms with E-state index in [0.29, 0.717) is 18.5 Å². The molecule has 0 aliphatic heterocycles. The Labute approximate surface area is 121 Å². The van der Waals surface area contributed by atoms with Crippen molar-refractivity contribution in [2.75, 3.05) is 17.1 Å². The topological polar surface area (TPSA) is 66.4 Å². The van der Waals surface area contributed by atoms with Crippen molar-refractivity contribution in [3.05, 3.63) is 29.3 Å². The van der Waals surface area contributed by atoms with Crippen molar-refractivity contribution < 1.29 is 13.5 Å². The van der Waals surface area contributed by atoms with Crippen LogP contribution in [-0.4, -0.2) is 25.9 Å². The third-order valence-corrected chi connectivity index (χ3v) is 4.19. The van der Waals surface area contributed by atoms with Gasteiger partial charge < -0.3 is 5.11 Å². The number of unbranched alkanes of at least 4 members (excludes halogenated alkanes) is 1. The first kappa shape index (κ1) is 16.5. The van der Waals surface area contributed by atoms with Crippen molar-refractivity contribution in [3.8, 4) is 11.8 Å². The molecule has 0 bridgehead atoms. The summed E-state index contributed by atoms with van der Waals surface area (Å²) in [5.74, 6) is 5.53. The SMILES string of the molecule is CCCCS(=O)(=O)Nc1ccc(C#CCO)cc1CC. The number of benzene rings is 1. The zero-order chi connectivity index (χ0) is 15.0. The van der Waals surface area contributed by atoms with Crippen LogP contribution in [0.5, 0.6) is 0 Å². The van der Waals surface area contributed by atoms with Crippen molar-refractivity contribution >= 4 is 15.7 Å². The standard InChI is InChI=1S/C15H21NO3S/c1-3-5-11-20(18,19)16-15-9-8-13(7-6-10-17)12-14(15)4-2/h8-9,12,16-17H,3-5,10-11H2,1-2H3. The summed E-state index contributed by atoms with van der Waals surface area (Å²) in [5.41, 5.74) is 2.28. The van der Waals surface area contributed by atoms with Gasteiger partial charge in [0, 0.05) is 5.56 Å². The van der Waals surface area contributed by atoms with Crippen molar-refractivity contribution in [2.45, 2.75) is 33.1 Å². The summed E-state index contributed by atoms with van der Waals surface area (Å²) in [6, 6.07) is 5.32. The lowest BCUT2D eigenvalue weighted by atomic mass is 10.1. The van der Waals surface area contributed by atoms with Crippen LogP contribution >= 0.6 is 0 Å². The number of aliphatic hydroxyl groups is 1. The van der Waals surface area contributed by atoms with Crippen LogP contribution in [0, 0.1) is 11.8 Å². The third-order valence-electron chi connectivity index (χ3n) is 2.83. The van der Waals surface area contributed by atoms with E-state index in [1.807, 2.05) is 19.9 Å². The average molecular weight is 295 g/mol. The van der Waals surface area contributed by atoms with Crippen molar-refractivity contribution in [3.63, 3.8) is 0 Å². The van der Waals surface area contributed by atoms with Gasteiger partial charge in [0.05, 0.1) is 11.4 Å². The van der Waals surface area contributed by atoms with E-state index in [1.165, 1.54) is 0 Å². The monoisotopic (exact) mass is 295 g/mol. The van der Waals surface area contributed by atoms with Gasteiger partial charge in [0.25, 0.3) is 0 Å². The summed E-state index contributed by atoms with van der Waals surface area (Å²) in [5, 5.41) is 8.68. The highest BCUT2D eigenvalue weighted by Crippen LogP contribution is 2.19. The Morgan fingerprint density at radius 3 is 2.65 bits per heavy atom. The highest BCUT2D eigenvalue weighted by molar-refractivity contribution is 7.92. The van der Waals surface area contributed by atoms with Gasteiger partial charge in [0.2, 0.25) is 10.0 Å². The lowest BCUT2D eigenvalue weighted by Crippen LogP contribution is -2.17. The molecule has 110 valence electrons. The minimum atomic E-state index is -3.29. The molecule has 0 amide bonds. The second kappa shape index (κ2) is 7.93. The number of aryl methyl sites for hydroxylation is 1. The van der Waals surface area contributed by atoms with Crippen LogP contribution in [0.3, 0.4) is 0 Å². The Hall–Kier alpha value is -1.51. The molecule has 0 radical (unpaired) electrons. The van der Waals surface area contributed by atoms with Gasteiger partial charge in [-0.1, -0.05) is 32.1 Å². The van der Waals surface area contributed by atoms with Gasteiger partial charge in [0.1, 0.15) is 6.61 Å². The molecule has 0 aromatic heterocycles. The van der Waals surface area contributed by atoms with Crippen LogP contribution in [0.25, 0.3) is 0 Å². The summed E-state index contributed by atoms with van der Waals surface area (Å²) < 4.78 is 26.5. The number of hydrogen-bond donors (Lipinski definition) is 2. The molecule has 0 saturated heterocycles. The van der Waals surface area contributed by atoms with E-state index in [1.54, 1.807) is 12.1 Å². The molecule has 4 nitrogen and oxygen atoms in total. The maximum absolute atomic E-state index is 11.9. The van der Waals surface area contributed by atoms with E-state index in [0.717, 1.165) is 17.5 Å². The maximum Gasteiger partial charge on any atom is 0.232 e. The van der Waals surface area contributed by atoms with E-state index in [-0.39, 0.29) is 12.4 Å². The third kappa shape index (κ3) is 5.24. The van der Waals surface area contributed by atoms with Gasteiger partial charge in [-0.2, -0.15) is 0 Å². The van der Waals surface area contributed by atoms with Crippen LogP contribution in [-0.2, 0) is 16.4 Å². The Morgan fingerprint density at radius 1 is 1.30 bits per heavy atom. The second-order valence-electron chi connectivity index (χ2n) is 4.46. The molecule has 0 saturated carbocycles. The van der Waals surface area contributed by atoms with Crippen molar-refractivity contribution in [2.24, 2.45) is 0 Å². The van der Waals surface area contributed by atoms with Crippen LogP contribution in [0.1, 0.15) is 37.8 Å². The number of sulfonamides is 1.